The third-order valence-corrected chi connectivity index (χ3v) is 11.0. The maximum Gasteiger partial charge on any atom is 0.306 e. The molecule has 3 saturated carbocycles. The molecule has 3 fully saturated rings. The smallest absolute Gasteiger partial charge is 0.306 e. The van der Waals surface area contributed by atoms with Crippen LogP contribution in [0.2, 0.25) is 5.02 Å². The number of allylic oxidation sites excluding steroid dienone is 1. The molecule has 2 N–H and O–H groups in total. The van der Waals surface area contributed by atoms with E-state index in [0.29, 0.717) is 30.0 Å². The first-order chi connectivity index (χ1) is 19.9. The number of aliphatic hydroxyl groups is 1. The summed E-state index contributed by atoms with van der Waals surface area (Å²) in [5.41, 5.74) is -1.65. The minimum Gasteiger partial charge on any atom is -0.481 e. The van der Waals surface area contributed by atoms with Crippen molar-refractivity contribution in [1.82, 2.24) is 0 Å². The summed E-state index contributed by atoms with van der Waals surface area (Å²) >= 11 is 6.00. The molecule has 4 aliphatic rings. The van der Waals surface area contributed by atoms with E-state index in [1.165, 1.54) is 0 Å². The molecule has 5 rings (SSSR count). The molecule has 0 unspecified atom stereocenters. The van der Waals surface area contributed by atoms with Gasteiger partial charge in [0.2, 0.25) is 5.78 Å². The monoisotopic (exact) mass is 602 g/mol. The lowest BCUT2D eigenvalue weighted by atomic mass is 9.45. The average Bonchev–Trinajstić information content (AvgIpc) is 3.22. The summed E-state index contributed by atoms with van der Waals surface area (Å²) in [6.07, 6.45) is 4.85. The Hall–Kier alpha value is -2.75. The van der Waals surface area contributed by atoms with Gasteiger partial charge in [-0.05, 0) is 92.0 Å². The first-order valence-electron chi connectivity index (χ1n) is 14.7. The van der Waals surface area contributed by atoms with Crippen LogP contribution in [0.1, 0.15) is 71.6 Å². The van der Waals surface area contributed by atoms with Gasteiger partial charge in [0, 0.05) is 16.9 Å². The van der Waals surface area contributed by atoms with E-state index in [9.17, 15) is 24.3 Å². The average molecular weight is 603 g/mol. The Kier molecular flexibility index (Phi) is 8.58. The van der Waals surface area contributed by atoms with Crippen molar-refractivity contribution in [2.24, 2.45) is 28.6 Å². The Balaban J connectivity index is 1.39. The van der Waals surface area contributed by atoms with Crippen LogP contribution >= 0.6 is 11.6 Å². The predicted molar refractivity (Wildman–Crippen MR) is 152 cm³/mol. The van der Waals surface area contributed by atoms with E-state index in [0.717, 1.165) is 24.8 Å². The van der Waals surface area contributed by atoms with E-state index in [-0.39, 0.29) is 54.7 Å². The lowest BCUT2D eigenvalue weighted by Crippen LogP contribution is -2.62. The lowest BCUT2D eigenvalue weighted by Gasteiger charge is -2.61. The number of fused-ring (bicyclic) bond motifs is 5. The number of esters is 1. The molecule has 0 radical (unpaired) electrons. The molecular weight excluding hydrogens is 564 g/mol. The van der Waals surface area contributed by atoms with E-state index >= 15 is 0 Å². The number of carboxylic acid groups (broad SMARTS) is 1. The molecule has 1 aromatic rings. The predicted octanol–water partition coefficient (Wildman–Crippen LogP) is 4.91. The van der Waals surface area contributed by atoms with Crippen molar-refractivity contribution in [3.63, 3.8) is 0 Å². The Morgan fingerprint density at radius 1 is 1.05 bits per heavy atom. The summed E-state index contributed by atoms with van der Waals surface area (Å²) in [6.45, 7) is 3.53. The van der Waals surface area contributed by atoms with Crippen LogP contribution in [-0.2, 0) is 28.7 Å². The van der Waals surface area contributed by atoms with Gasteiger partial charge in [-0.15, -0.1) is 0 Å². The first-order valence-corrected chi connectivity index (χ1v) is 15.1. The van der Waals surface area contributed by atoms with Gasteiger partial charge in [-0.25, -0.2) is 0 Å². The second kappa shape index (κ2) is 11.7. The van der Waals surface area contributed by atoms with Crippen molar-refractivity contribution in [1.29, 1.82) is 0 Å². The molecule has 0 aliphatic heterocycles. The van der Waals surface area contributed by atoms with Crippen LogP contribution in [0.4, 0.5) is 0 Å². The fourth-order valence-corrected chi connectivity index (χ4v) is 8.67. The van der Waals surface area contributed by atoms with Gasteiger partial charge in [-0.3, -0.25) is 19.2 Å². The minimum atomic E-state index is -1.73. The number of ether oxygens (including phenoxy) is 3. The Morgan fingerprint density at radius 2 is 1.79 bits per heavy atom. The van der Waals surface area contributed by atoms with Crippen molar-refractivity contribution in [3.05, 3.63) is 40.9 Å². The highest BCUT2D eigenvalue weighted by Crippen LogP contribution is 2.68. The molecule has 4 aliphatic carbocycles. The summed E-state index contributed by atoms with van der Waals surface area (Å²) in [5, 5.41) is 21.4. The van der Waals surface area contributed by atoms with Crippen LogP contribution in [0, 0.1) is 28.6 Å². The van der Waals surface area contributed by atoms with Gasteiger partial charge < -0.3 is 24.4 Å². The molecule has 0 spiro atoms. The SMILES string of the molecule is C[C@]12CCC(=O)C=C1CC[C@@H]1[C@@H]2[C@H](OCOc2ccc(Cl)cc2)C[C@@]2(C)[C@H]1CC[C@]2(O)C(=O)COC(=O)CCC(=O)O. The molecule has 0 heterocycles. The van der Waals surface area contributed by atoms with Crippen LogP contribution in [0.3, 0.4) is 0 Å². The number of aliphatic carboxylic acids is 1. The van der Waals surface area contributed by atoms with Gasteiger partial charge in [0.15, 0.2) is 19.2 Å². The quantitative estimate of drug-likeness (QED) is 0.283. The number of hydrogen-bond acceptors (Lipinski definition) is 8. The zero-order valence-corrected chi connectivity index (χ0v) is 24.9. The van der Waals surface area contributed by atoms with Gasteiger partial charge in [0.25, 0.3) is 0 Å². The number of carbonyl (C=O) groups excluding carboxylic acids is 3. The summed E-state index contributed by atoms with van der Waals surface area (Å²) in [5.74, 6) is -1.47. The Morgan fingerprint density at radius 3 is 2.50 bits per heavy atom. The third kappa shape index (κ3) is 5.51. The molecule has 0 bridgehead atoms. The molecule has 10 heteroatoms. The van der Waals surface area contributed by atoms with Gasteiger partial charge in [0.1, 0.15) is 11.4 Å². The van der Waals surface area contributed by atoms with Crippen LogP contribution in [0.15, 0.2) is 35.9 Å². The summed E-state index contributed by atoms with van der Waals surface area (Å²) < 4.78 is 17.5. The fourth-order valence-electron chi connectivity index (χ4n) is 8.54. The van der Waals surface area contributed by atoms with Gasteiger partial charge >= 0.3 is 11.9 Å². The molecule has 9 nitrogen and oxygen atoms in total. The summed E-state index contributed by atoms with van der Waals surface area (Å²) in [7, 11) is 0. The number of benzene rings is 1. The Labute approximate surface area is 250 Å². The second-order valence-corrected chi connectivity index (χ2v) is 13.2. The first kappa shape index (κ1) is 30.7. The largest absolute Gasteiger partial charge is 0.481 e. The Bertz CT molecular complexity index is 1280. The molecular formula is C32H39ClO9. The van der Waals surface area contributed by atoms with Crippen LogP contribution < -0.4 is 4.74 Å². The zero-order chi connectivity index (χ0) is 30.3. The number of hydrogen-bond donors (Lipinski definition) is 2. The van der Waals surface area contributed by atoms with Gasteiger partial charge in [0.05, 0.1) is 18.9 Å². The summed E-state index contributed by atoms with van der Waals surface area (Å²) in [4.78, 5) is 48.7. The second-order valence-electron chi connectivity index (χ2n) is 12.8. The molecule has 0 amide bonds. The molecule has 42 heavy (non-hydrogen) atoms. The molecule has 228 valence electrons. The standard InChI is InChI=1S/C32H39ClO9/c1-30-13-11-21(34)15-19(30)3-8-23-24-12-14-32(39,26(35)17-40-28(38)10-9-27(36)37)31(24,2)16-25(29(23)30)42-18-41-22-6-4-20(33)5-7-22/h4-7,15,23-25,29,39H,3,8-14,16-18H2,1-2H3,(H,36,37)/t23-,24-,25+,29+,30-,31-,32-/m0/s1. The van der Waals surface area contributed by atoms with Crippen LogP contribution in [0.25, 0.3) is 0 Å². The van der Waals surface area contributed by atoms with Gasteiger partial charge in [-0.1, -0.05) is 31.0 Å². The van der Waals surface area contributed by atoms with Crippen LogP contribution in [-0.4, -0.2) is 58.8 Å². The number of halogens is 1. The maximum absolute atomic E-state index is 13.5. The van der Waals surface area contributed by atoms with E-state index in [4.69, 9.17) is 30.9 Å². The third-order valence-electron chi connectivity index (χ3n) is 10.7. The molecule has 0 saturated heterocycles. The highest BCUT2D eigenvalue weighted by molar-refractivity contribution is 6.30. The molecule has 7 atom stereocenters. The summed E-state index contributed by atoms with van der Waals surface area (Å²) in [6, 6.07) is 6.98. The highest BCUT2D eigenvalue weighted by atomic mass is 35.5. The van der Waals surface area contributed by atoms with E-state index in [1.54, 1.807) is 24.3 Å². The van der Waals surface area contributed by atoms with Crippen LogP contribution in [0.5, 0.6) is 5.75 Å². The minimum absolute atomic E-state index is 0.0299. The van der Waals surface area contributed by atoms with E-state index < -0.39 is 41.8 Å². The van der Waals surface area contributed by atoms with E-state index in [1.807, 2.05) is 13.0 Å². The zero-order valence-electron chi connectivity index (χ0n) is 24.1. The maximum atomic E-state index is 13.5. The van der Waals surface area contributed by atoms with E-state index in [2.05, 4.69) is 6.92 Å². The number of carbonyl (C=O) groups is 4. The van der Waals surface area contributed by atoms with Crippen molar-refractivity contribution in [2.45, 2.75) is 83.3 Å². The fraction of sp³-hybridized carbons (Fsp3) is 0.625. The number of rotatable bonds is 10. The van der Waals surface area contributed by atoms with Crippen molar-refractivity contribution in [2.75, 3.05) is 13.4 Å². The lowest BCUT2D eigenvalue weighted by molar-refractivity contribution is -0.202. The van der Waals surface area contributed by atoms with Gasteiger partial charge in [-0.2, -0.15) is 0 Å². The normalized spacial score (nSPS) is 35.3. The molecule has 1 aromatic carbocycles. The number of Topliss-reactive ketones (excluding diaryl/α,β-unsaturated/α-hetero) is 1. The molecule has 0 aromatic heterocycles. The van der Waals surface area contributed by atoms with Crippen molar-refractivity contribution < 1.29 is 43.6 Å². The van der Waals surface area contributed by atoms with Crippen molar-refractivity contribution >= 4 is 35.1 Å². The number of carboxylic acids is 1. The highest BCUT2D eigenvalue weighted by Gasteiger charge is 2.68. The topological polar surface area (TPSA) is 136 Å². The van der Waals surface area contributed by atoms with Crippen molar-refractivity contribution in [3.8, 4) is 5.75 Å². The number of ketones is 2.